The number of benzene rings is 3. The topological polar surface area (TPSA) is 149 Å². The van der Waals surface area contributed by atoms with E-state index in [0.29, 0.717) is 0 Å². The third-order valence-corrected chi connectivity index (χ3v) is 14.6. The van der Waals surface area contributed by atoms with Gasteiger partial charge in [-0.05, 0) is 44.9 Å². The average molecular weight is 469 g/mol. The number of rotatable bonds is 6. The van der Waals surface area contributed by atoms with Crippen molar-refractivity contribution in [3.63, 3.8) is 0 Å². The summed E-state index contributed by atoms with van der Waals surface area (Å²) in [6.07, 6.45) is 4.07. The van der Waals surface area contributed by atoms with Gasteiger partial charge in [-0.25, -0.2) is 14.4 Å². The van der Waals surface area contributed by atoms with Crippen molar-refractivity contribution >= 4 is 44.9 Å². The van der Waals surface area contributed by atoms with E-state index >= 15 is 0 Å². The van der Waals surface area contributed by atoms with Crippen LogP contribution in [0.4, 0.5) is 11.4 Å². The lowest BCUT2D eigenvalue weighted by atomic mass is 10.3. The monoisotopic (exact) mass is 469 g/mol. The van der Waals surface area contributed by atoms with Gasteiger partial charge >= 0.3 is 0 Å². The van der Waals surface area contributed by atoms with Crippen molar-refractivity contribution in [3.05, 3.63) is 78.9 Å². The second-order valence-corrected chi connectivity index (χ2v) is 14.4. The molecule has 32 heavy (non-hydrogen) atoms. The molecule has 0 amide bonds. The van der Waals surface area contributed by atoms with Crippen molar-refractivity contribution in [3.8, 4) is 0 Å². The number of isocyanates is 3. The molecule has 0 aliphatic rings. The first kappa shape index (κ1) is 23.1. The number of aliphatic imine (C=N–C) groups is 2. The molecule has 0 unspecified atom stereocenters. The summed E-state index contributed by atoms with van der Waals surface area (Å²) in [6, 6.07) is 19.4. The maximum atomic E-state index is 11.9. The molecule has 0 aromatic heterocycles. The fraction of sp³-hybridized carbons (Fsp3) is 0. The Morgan fingerprint density at radius 3 is 1.62 bits per heavy atom. The summed E-state index contributed by atoms with van der Waals surface area (Å²) in [5.41, 5.74) is -0.508. The predicted molar refractivity (Wildman–Crippen MR) is 119 cm³/mol. The first-order chi connectivity index (χ1) is 15.4. The molecule has 3 rings (SSSR count). The minimum absolute atomic E-state index is 0.0643. The Hall–Kier alpha value is -3.54. The van der Waals surface area contributed by atoms with Gasteiger partial charge in [-0.2, -0.15) is 9.98 Å². The molecule has 3 N–H and O–H groups in total. The standard InChI is InChI=1S/C21H16N3O6PS/c25-14-22-19-12-7-13-20(21(19)23-15-26)32(24-16-27,31(28,29)30,17-8-3-1-4-9-17)18-10-5-2-6-11-18/h1-13,28-30H. The highest BCUT2D eigenvalue weighted by Crippen LogP contribution is 2.70. The molecule has 9 nitrogen and oxygen atoms in total. The van der Waals surface area contributed by atoms with Gasteiger partial charge in [-0.15, -0.1) is 4.40 Å². The molecule has 162 valence electrons. The molecule has 0 saturated heterocycles. The fourth-order valence-corrected chi connectivity index (χ4v) is 12.0. The molecule has 0 saturated carbocycles. The Bertz CT molecular complexity index is 1360. The lowest BCUT2D eigenvalue weighted by molar-refractivity contribution is 0.361. The molecule has 3 aromatic rings. The second kappa shape index (κ2) is 8.91. The van der Waals surface area contributed by atoms with Crippen LogP contribution in [-0.2, 0) is 22.9 Å². The molecular weight excluding hydrogens is 453 g/mol. The average Bonchev–Trinajstić information content (AvgIpc) is 2.79. The third kappa shape index (κ3) is 3.18. The van der Waals surface area contributed by atoms with Gasteiger partial charge in [0.25, 0.3) is 6.72 Å². The molecule has 0 aliphatic carbocycles. The molecule has 0 aliphatic heterocycles. The van der Waals surface area contributed by atoms with Gasteiger partial charge < -0.3 is 14.7 Å². The minimum atomic E-state index is -5.21. The maximum absolute atomic E-state index is 11.9. The largest absolute Gasteiger partial charge is 0.328 e. The van der Waals surface area contributed by atoms with E-state index in [1.54, 1.807) is 36.4 Å². The summed E-state index contributed by atoms with van der Waals surface area (Å²) in [5.74, 6) is 0. The number of nitrogens with zero attached hydrogens (tertiary/aromatic N) is 3. The Morgan fingerprint density at radius 2 is 1.19 bits per heavy atom. The summed E-state index contributed by atoms with van der Waals surface area (Å²) < 4.78 is 3.99. The van der Waals surface area contributed by atoms with Crippen LogP contribution in [0, 0.1) is 0 Å². The second-order valence-electron chi connectivity index (χ2n) is 6.29. The van der Waals surface area contributed by atoms with Crippen LogP contribution in [0.15, 0.2) is 108 Å². The molecule has 0 atom stereocenters. The zero-order valence-corrected chi connectivity index (χ0v) is 18.0. The van der Waals surface area contributed by atoms with Gasteiger partial charge in [0, 0.05) is 14.7 Å². The SMILES string of the molecule is O=C=Nc1cccc(S(N=C=O)(c2ccccc2)(c2ccccc2)=P(O)(O)O)c1N=C=O. The Balaban J connectivity index is 2.91. The van der Waals surface area contributed by atoms with Crippen molar-refractivity contribution in [1.29, 1.82) is 0 Å². The first-order valence-electron chi connectivity index (χ1n) is 8.87. The smallest absolute Gasteiger partial charge is 0.292 e. The van der Waals surface area contributed by atoms with Gasteiger partial charge in [0.15, 0.2) is 0 Å². The van der Waals surface area contributed by atoms with Crippen LogP contribution in [0.5, 0.6) is 0 Å². The number of para-hydroxylation sites is 1. The van der Waals surface area contributed by atoms with Crippen LogP contribution in [0.25, 0.3) is 0 Å². The van der Waals surface area contributed by atoms with Gasteiger partial charge in [0.05, 0.1) is 0 Å². The molecule has 11 heteroatoms. The summed E-state index contributed by atoms with van der Waals surface area (Å²) in [6.45, 7) is -5.21. The van der Waals surface area contributed by atoms with Crippen molar-refractivity contribution in [2.45, 2.75) is 14.7 Å². The molecular formula is C21H16N3O6PS. The highest BCUT2D eigenvalue weighted by molar-refractivity contribution is 8.50. The van der Waals surface area contributed by atoms with Gasteiger partial charge in [0.1, 0.15) is 11.4 Å². The normalized spacial score (nSPS) is 12.3. The Morgan fingerprint density at radius 1 is 0.656 bits per heavy atom. The first-order valence-corrected chi connectivity index (χ1v) is 13.1. The number of carbonyl (C=O) groups excluding carboxylic acids is 3. The van der Waals surface area contributed by atoms with Crippen LogP contribution in [-0.4, -0.2) is 32.9 Å². The van der Waals surface area contributed by atoms with Crippen LogP contribution in [0.2, 0.25) is 0 Å². The van der Waals surface area contributed by atoms with Crippen molar-refractivity contribution in [1.82, 2.24) is 0 Å². The van der Waals surface area contributed by atoms with Crippen molar-refractivity contribution in [2.24, 2.45) is 14.4 Å². The van der Waals surface area contributed by atoms with E-state index in [0.717, 1.165) is 0 Å². The molecule has 0 heterocycles. The molecule has 0 fully saturated rings. The highest BCUT2D eigenvalue weighted by atomic mass is 32.6. The number of hydrogen-bond acceptors (Lipinski definition) is 5. The molecule has 0 spiro atoms. The lowest BCUT2D eigenvalue weighted by Crippen LogP contribution is -2.33. The van der Waals surface area contributed by atoms with Gasteiger partial charge in [-0.1, -0.05) is 42.5 Å². The minimum Gasteiger partial charge on any atom is -0.328 e. The summed E-state index contributed by atoms with van der Waals surface area (Å²) >= 11 is 0. The molecule has 0 radical (unpaired) electrons. The van der Waals surface area contributed by atoms with E-state index in [-0.39, 0.29) is 26.1 Å². The lowest BCUT2D eigenvalue weighted by Gasteiger charge is -2.48. The van der Waals surface area contributed by atoms with Gasteiger partial charge in [-0.3, -0.25) is 0 Å². The molecule has 3 aromatic carbocycles. The van der Waals surface area contributed by atoms with E-state index in [4.69, 9.17) is 0 Å². The van der Waals surface area contributed by atoms with E-state index in [1.165, 1.54) is 60.7 Å². The zero-order valence-electron chi connectivity index (χ0n) is 16.3. The highest BCUT2D eigenvalue weighted by Gasteiger charge is 2.51. The Labute approximate surface area is 182 Å². The van der Waals surface area contributed by atoms with E-state index in [9.17, 15) is 29.1 Å². The van der Waals surface area contributed by atoms with Crippen LogP contribution in [0.1, 0.15) is 0 Å². The van der Waals surface area contributed by atoms with Crippen molar-refractivity contribution in [2.75, 3.05) is 0 Å². The maximum Gasteiger partial charge on any atom is 0.292 e. The van der Waals surface area contributed by atoms with E-state index in [1.807, 2.05) is 0 Å². The zero-order chi connectivity index (χ0) is 23.3. The van der Waals surface area contributed by atoms with Crippen LogP contribution in [0.3, 0.4) is 0 Å². The van der Waals surface area contributed by atoms with Gasteiger partial charge in [0.2, 0.25) is 18.2 Å². The van der Waals surface area contributed by atoms with E-state index < -0.39 is 15.2 Å². The number of hydrogen-bond donors (Lipinski definition) is 3. The van der Waals surface area contributed by atoms with E-state index in [2.05, 4.69) is 14.4 Å². The summed E-state index contributed by atoms with van der Waals surface area (Å²) in [4.78, 5) is 74.6. The summed E-state index contributed by atoms with van der Waals surface area (Å²) in [7, 11) is -4.96. The quantitative estimate of drug-likeness (QED) is 0.285. The molecule has 0 bridgehead atoms. The van der Waals surface area contributed by atoms with Crippen LogP contribution >= 0.6 is 6.72 Å². The predicted octanol–water partition coefficient (Wildman–Crippen LogP) is 3.69. The van der Waals surface area contributed by atoms with Crippen LogP contribution < -0.4 is 0 Å². The third-order valence-electron chi connectivity index (χ3n) is 4.79. The fourth-order valence-electron chi connectivity index (χ4n) is 3.56. The van der Waals surface area contributed by atoms with Crippen molar-refractivity contribution < 1.29 is 29.1 Å². The Kier molecular flexibility index (Phi) is 6.44. The summed E-state index contributed by atoms with van der Waals surface area (Å²) in [5, 5.41) is 0.